The predicted molar refractivity (Wildman–Crippen MR) is 67.6 cm³/mol. The van der Waals surface area contributed by atoms with Crippen molar-refractivity contribution in [3.05, 3.63) is 18.2 Å². The Morgan fingerprint density at radius 3 is 2.55 bits per heavy atom. The highest BCUT2D eigenvalue weighted by Crippen LogP contribution is 2.34. The van der Waals surface area contributed by atoms with E-state index in [2.05, 4.69) is 0 Å². The zero-order valence-electron chi connectivity index (χ0n) is 10.2. The van der Waals surface area contributed by atoms with Crippen LogP contribution in [0.3, 0.4) is 0 Å². The monoisotopic (exact) mass is 300 g/mol. The van der Waals surface area contributed by atoms with E-state index in [-0.39, 0.29) is 24.4 Å². The van der Waals surface area contributed by atoms with E-state index in [1.54, 1.807) is 0 Å². The molecule has 1 aromatic rings. The first-order valence-electron chi connectivity index (χ1n) is 5.60. The molecule has 1 saturated heterocycles. The van der Waals surface area contributed by atoms with Crippen molar-refractivity contribution in [2.45, 2.75) is 11.3 Å². The van der Waals surface area contributed by atoms with Crippen molar-refractivity contribution < 1.29 is 27.7 Å². The van der Waals surface area contributed by atoms with Crippen LogP contribution in [0.2, 0.25) is 0 Å². The van der Waals surface area contributed by atoms with E-state index >= 15 is 0 Å². The SMILES string of the molecule is NC(=O)C1CC(=O)N(c2cc(S(=O)(=O)O)ccc2O)C1. The molecule has 9 heteroatoms. The molecule has 0 bridgehead atoms. The van der Waals surface area contributed by atoms with Gasteiger partial charge in [0.15, 0.2) is 0 Å². The Balaban J connectivity index is 2.43. The molecule has 108 valence electrons. The van der Waals surface area contributed by atoms with Crippen LogP contribution in [0.4, 0.5) is 5.69 Å². The Morgan fingerprint density at radius 2 is 2.05 bits per heavy atom. The van der Waals surface area contributed by atoms with Crippen LogP contribution in [0.25, 0.3) is 0 Å². The minimum atomic E-state index is -4.46. The molecule has 4 N–H and O–H groups in total. The first kappa shape index (κ1) is 14.3. The highest BCUT2D eigenvalue weighted by molar-refractivity contribution is 7.85. The number of rotatable bonds is 3. The van der Waals surface area contributed by atoms with Crippen LogP contribution < -0.4 is 10.6 Å². The minimum Gasteiger partial charge on any atom is -0.506 e. The molecule has 8 nitrogen and oxygen atoms in total. The van der Waals surface area contributed by atoms with E-state index < -0.39 is 32.7 Å². The quantitative estimate of drug-likeness (QED) is 0.642. The van der Waals surface area contributed by atoms with Crippen LogP contribution >= 0.6 is 0 Å². The van der Waals surface area contributed by atoms with E-state index in [1.807, 2.05) is 0 Å². The summed E-state index contributed by atoms with van der Waals surface area (Å²) in [7, 11) is -4.46. The van der Waals surface area contributed by atoms with Crippen LogP contribution in [0, 0.1) is 5.92 Å². The molecule has 1 aliphatic rings. The minimum absolute atomic E-state index is 0.0450. The van der Waals surface area contributed by atoms with Crippen LogP contribution in [-0.2, 0) is 19.7 Å². The number of carbonyl (C=O) groups excluding carboxylic acids is 2. The van der Waals surface area contributed by atoms with Gasteiger partial charge in [-0.3, -0.25) is 14.1 Å². The molecule has 1 aliphatic heterocycles. The van der Waals surface area contributed by atoms with E-state index in [4.69, 9.17) is 10.3 Å². The summed E-state index contributed by atoms with van der Waals surface area (Å²) in [5, 5.41) is 9.72. The van der Waals surface area contributed by atoms with Gasteiger partial charge in [0.05, 0.1) is 16.5 Å². The van der Waals surface area contributed by atoms with E-state index in [9.17, 15) is 23.1 Å². The topological polar surface area (TPSA) is 138 Å². The molecule has 0 radical (unpaired) electrons. The lowest BCUT2D eigenvalue weighted by molar-refractivity contribution is -0.123. The Bertz CT molecular complexity index is 684. The molecule has 1 aromatic carbocycles. The number of nitrogens with two attached hydrogens (primary N) is 1. The molecule has 1 unspecified atom stereocenters. The van der Waals surface area contributed by atoms with Crippen LogP contribution in [-0.4, -0.2) is 36.4 Å². The normalized spacial score (nSPS) is 19.4. The number of aromatic hydroxyl groups is 1. The van der Waals surface area contributed by atoms with Crippen molar-refractivity contribution in [2.24, 2.45) is 11.7 Å². The van der Waals surface area contributed by atoms with Crippen LogP contribution in [0.5, 0.6) is 5.75 Å². The summed E-state index contributed by atoms with van der Waals surface area (Å²) in [6.07, 6.45) is -0.106. The van der Waals surface area contributed by atoms with Crippen LogP contribution in [0.1, 0.15) is 6.42 Å². The highest BCUT2D eigenvalue weighted by Gasteiger charge is 2.35. The van der Waals surface area contributed by atoms with Crippen molar-refractivity contribution >= 4 is 27.6 Å². The molecule has 0 aromatic heterocycles. The fraction of sp³-hybridized carbons (Fsp3) is 0.273. The molecule has 1 atom stereocenters. The maximum Gasteiger partial charge on any atom is 0.294 e. The zero-order valence-corrected chi connectivity index (χ0v) is 11.0. The van der Waals surface area contributed by atoms with Crippen molar-refractivity contribution in [1.82, 2.24) is 0 Å². The number of phenolic OH excluding ortho intramolecular Hbond substituents is 1. The molecule has 0 saturated carbocycles. The fourth-order valence-corrected chi connectivity index (χ4v) is 2.51. The van der Waals surface area contributed by atoms with Gasteiger partial charge in [0.2, 0.25) is 11.8 Å². The van der Waals surface area contributed by atoms with Crippen molar-refractivity contribution in [2.75, 3.05) is 11.4 Å². The molecule has 2 amide bonds. The van der Waals surface area contributed by atoms with Gasteiger partial charge in [0, 0.05) is 13.0 Å². The Labute approximate surface area is 114 Å². The molecule has 1 fully saturated rings. The van der Waals surface area contributed by atoms with Gasteiger partial charge in [-0.1, -0.05) is 0 Å². The summed E-state index contributed by atoms with van der Waals surface area (Å²) < 4.78 is 31.1. The summed E-state index contributed by atoms with van der Waals surface area (Å²) in [6.45, 7) is -0.0450. The summed E-state index contributed by atoms with van der Waals surface area (Å²) >= 11 is 0. The lowest BCUT2D eigenvalue weighted by Gasteiger charge is -2.18. The number of amides is 2. The standard InChI is InChI=1S/C11H12N2O6S/c12-11(16)6-3-10(15)13(5-6)8-4-7(20(17,18)19)1-2-9(8)14/h1-2,4,6,14H,3,5H2,(H2,12,16)(H,17,18,19). The first-order valence-corrected chi connectivity index (χ1v) is 7.04. The number of hydrogen-bond acceptors (Lipinski definition) is 5. The van der Waals surface area contributed by atoms with Gasteiger partial charge in [-0.2, -0.15) is 8.42 Å². The van der Waals surface area contributed by atoms with Gasteiger partial charge in [0.1, 0.15) is 5.75 Å². The molecule has 20 heavy (non-hydrogen) atoms. The number of nitrogens with zero attached hydrogens (tertiary/aromatic N) is 1. The Morgan fingerprint density at radius 1 is 1.40 bits per heavy atom. The van der Waals surface area contributed by atoms with Gasteiger partial charge in [-0.15, -0.1) is 0 Å². The number of hydrogen-bond donors (Lipinski definition) is 3. The third-order valence-electron chi connectivity index (χ3n) is 3.06. The predicted octanol–water partition coefficient (Wildman–Crippen LogP) is -0.523. The second kappa shape index (κ2) is 4.76. The van der Waals surface area contributed by atoms with Crippen LogP contribution in [0.15, 0.2) is 23.1 Å². The van der Waals surface area contributed by atoms with Crippen molar-refractivity contribution in [1.29, 1.82) is 0 Å². The van der Waals surface area contributed by atoms with E-state index in [0.717, 1.165) is 23.1 Å². The van der Waals surface area contributed by atoms with Crippen molar-refractivity contribution in [3.63, 3.8) is 0 Å². The molecule has 0 aliphatic carbocycles. The number of primary amides is 1. The smallest absolute Gasteiger partial charge is 0.294 e. The molecular weight excluding hydrogens is 288 g/mol. The molecule has 0 spiro atoms. The summed E-state index contributed by atoms with van der Waals surface area (Å²) in [5.74, 6) is -2.14. The lowest BCUT2D eigenvalue weighted by Crippen LogP contribution is -2.28. The van der Waals surface area contributed by atoms with E-state index in [0.29, 0.717) is 0 Å². The number of phenols is 1. The van der Waals surface area contributed by atoms with Gasteiger partial charge in [-0.25, -0.2) is 0 Å². The van der Waals surface area contributed by atoms with E-state index in [1.165, 1.54) is 0 Å². The third kappa shape index (κ3) is 2.58. The van der Waals surface area contributed by atoms with Gasteiger partial charge >= 0.3 is 0 Å². The van der Waals surface area contributed by atoms with Gasteiger partial charge in [-0.05, 0) is 18.2 Å². The second-order valence-electron chi connectivity index (χ2n) is 4.43. The zero-order chi connectivity index (χ0) is 15.1. The summed E-state index contributed by atoms with van der Waals surface area (Å²) in [6, 6.07) is 3.01. The fourth-order valence-electron chi connectivity index (χ4n) is 2.01. The molecule has 2 rings (SSSR count). The average Bonchev–Trinajstić information content (AvgIpc) is 2.70. The molecular formula is C11H12N2O6S. The maximum absolute atomic E-state index is 11.8. The van der Waals surface area contributed by atoms with Gasteiger partial charge in [0.25, 0.3) is 10.1 Å². The summed E-state index contributed by atoms with van der Waals surface area (Å²) in [5.41, 5.74) is 5.03. The summed E-state index contributed by atoms with van der Waals surface area (Å²) in [4.78, 5) is 23.5. The second-order valence-corrected chi connectivity index (χ2v) is 5.85. The van der Waals surface area contributed by atoms with Crippen molar-refractivity contribution in [3.8, 4) is 5.75 Å². The number of anilines is 1. The number of benzene rings is 1. The number of carbonyl (C=O) groups is 2. The lowest BCUT2D eigenvalue weighted by atomic mass is 10.1. The average molecular weight is 300 g/mol. The largest absolute Gasteiger partial charge is 0.506 e. The first-order chi connectivity index (χ1) is 9.20. The third-order valence-corrected chi connectivity index (χ3v) is 3.91. The maximum atomic E-state index is 11.8. The highest BCUT2D eigenvalue weighted by atomic mass is 32.2. The van der Waals surface area contributed by atoms with Gasteiger partial charge < -0.3 is 15.7 Å². The Kier molecular flexibility index (Phi) is 3.40. The Hall–Kier alpha value is -2.13. The molecule has 1 heterocycles.